The topological polar surface area (TPSA) is 79.0 Å². The number of imide groups is 1. The van der Waals surface area contributed by atoms with Crippen LogP contribution in [0, 0.1) is 0 Å². The number of rotatable bonds is 9. The molecule has 0 bridgehead atoms. The van der Waals surface area contributed by atoms with Gasteiger partial charge >= 0.3 is 6.03 Å². The van der Waals surface area contributed by atoms with Crippen molar-refractivity contribution >= 4 is 17.8 Å². The predicted octanol–water partition coefficient (Wildman–Crippen LogP) is 3.73. The van der Waals surface area contributed by atoms with Gasteiger partial charge < -0.3 is 15.0 Å². The maximum atomic E-state index is 13.7. The Morgan fingerprint density at radius 2 is 1.54 bits per heavy atom. The van der Waals surface area contributed by atoms with Gasteiger partial charge in [-0.05, 0) is 35.7 Å². The zero-order chi connectivity index (χ0) is 24.8. The summed E-state index contributed by atoms with van der Waals surface area (Å²) in [6.45, 7) is 2.52. The van der Waals surface area contributed by atoms with Crippen LogP contribution in [0.25, 0.3) is 0 Å². The molecular formula is C28H29N3O4. The first-order chi connectivity index (χ1) is 16.9. The largest absolute Gasteiger partial charge is 0.494 e. The van der Waals surface area contributed by atoms with E-state index in [0.717, 1.165) is 21.8 Å². The van der Waals surface area contributed by atoms with E-state index in [9.17, 15) is 14.4 Å². The number of hydrogen-bond acceptors (Lipinski definition) is 4. The lowest BCUT2D eigenvalue weighted by atomic mass is 9.83. The molecule has 35 heavy (non-hydrogen) atoms. The van der Waals surface area contributed by atoms with Gasteiger partial charge in [0.1, 0.15) is 12.3 Å². The first-order valence-corrected chi connectivity index (χ1v) is 11.6. The highest BCUT2D eigenvalue weighted by Crippen LogP contribution is 2.33. The highest BCUT2D eigenvalue weighted by molar-refractivity contribution is 6.09. The third-order valence-corrected chi connectivity index (χ3v) is 6.13. The van der Waals surface area contributed by atoms with Gasteiger partial charge in [-0.1, -0.05) is 72.8 Å². The Bertz CT molecular complexity index is 1180. The van der Waals surface area contributed by atoms with Gasteiger partial charge in [0.25, 0.3) is 5.91 Å². The normalized spacial score (nSPS) is 17.3. The Labute approximate surface area is 205 Å². The number of urea groups is 1. The van der Waals surface area contributed by atoms with Crippen molar-refractivity contribution in [1.29, 1.82) is 0 Å². The number of carbonyl (C=O) groups is 3. The Morgan fingerprint density at radius 1 is 0.914 bits per heavy atom. The van der Waals surface area contributed by atoms with Gasteiger partial charge in [0.05, 0.1) is 6.61 Å². The van der Waals surface area contributed by atoms with Crippen molar-refractivity contribution in [3.05, 3.63) is 102 Å². The van der Waals surface area contributed by atoms with Gasteiger partial charge in [-0.3, -0.25) is 14.5 Å². The molecule has 1 aliphatic rings. The summed E-state index contributed by atoms with van der Waals surface area (Å²) in [6, 6.07) is 25.6. The second-order valence-corrected chi connectivity index (χ2v) is 8.58. The number of benzene rings is 3. The molecule has 7 heteroatoms. The summed E-state index contributed by atoms with van der Waals surface area (Å²) in [5.74, 6) is 0.00607. The van der Waals surface area contributed by atoms with Crippen LogP contribution in [0.5, 0.6) is 5.75 Å². The van der Waals surface area contributed by atoms with E-state index in [1.54, 1.807) is 7.05 Å². The Morgan fingerprint density at radius 3 is 2.17 bits per heavy atom. The Hall–Kier alpha value is -4.13. The van der Waals surface area contributed by atoms with Crippen LogP contribution < -0.4 is 10.1 Å². The van der Waals surface area contributed by atoms with Gasteiger partial charge in [-0.25, -0.2) is 4.79 Å². The molecule has 3 aromatic carbocycles. The monoisotopic (exact) mass is 471 g/mol. The molecule has 0 aliphatic carbocycles. The fourth-order valence-electron chi connectivity index (χ4n) is 4.29. The molecule has 1 N–H and O–H groups in total. The summed E-state index contributed by atoms with van der Waals surface area (Å²) in [5, 5.41) is 2.90. The number of hydrogen-bond donors (Lipinski definition) is 1. The van der Waals surface area contributed by atoms with Crippen LogP contribution in [0.1, 0.15) is 23.6 Å². The maximum absolute atomic E-state index is 13.7. The van der Waals surface area contributed by atoms with Crippen molar-refractivity contribution in [2.75, 3.05) is 20.2 Å². The van der Waals surface area contributed by atoms with Gasteiger partial charge in [-0.2, -0.15) is 0 Å². The van der Waals surface area contributed by atoms with E-state index in [1.165, 1.54) is 4.90 Å². The molecule has 0 unspecified atom stereocenters. The van der Waals surface area contributed by atoms with Crippen molar-refractivity contribution in [2.45, 2.75) is 25.4 Å². The van der Waals surface area contributed by atoms with Gasteiger partial charge in [0.2, 0.25) is 5.91 Å². The first-order valence-electron chi connectivity index (χ1n) is 11.6. The molecule has 1 saturated heterocycles. The van der Waals surface area contributed by atoms with Crippen molar-refractivity contribution < 1.29 is 19.1 Å². The van der Waals surface area contributed by atoms with Crippen LogP contribution in [0.4, 0.5) is 4.79 Å². The molecule has 7 nitrogen and oxygen atoms in total. The van der Waals surface area contributed by atoms with E-state index in [4.69, 9.17) is 4.74 Å². The molecule has 1 heterocycles. The van der Waals surface area contributed by atoms with Crippen LogP contribution in [0.2, 0.25) is 0 Å². The third kappa shape index (κ3) is 5.19. The lowest BCUT2D eigenvalue weighted by Gasteiger charge is -2.28. The van der Waals surface area contributed by atoms with Gasteiger partial charge in [-0.15, -0.1) is 0 Å². The molecule has 0 aromatic heterocycles. The van der Waals surface area contributed by atoms with Crippen LogP contribution in [-0.2, 0) is 28.1 Å². The van der Waals surface area contributed by atoms with Crippen LogP contribution in [-0.4, -0.2) is 47.8 Å². The number of nitrogens with zero attached hydrogens (tertiary/aromatic N) is 2. The summed E-state index contributed by atoms with van der Waals surface area (Å²) in [7, 11) is 1.66. The SMILES string of the molecule is CCOc1ccc(CN(C)C(=O)CN2C(=O)N[C@@](Cc3ccccc3)(c3ccccc3)C2=O)cc1. The number of ether oxygens (including phenoxy) is 1. The van der Waals surface area contributed by atoms with E-state index in [0.29, 0.717) is 18.7 Å². The average molecular weight is 472 g/mol. The second kappa shape index (κ2) is 10.4. The third-order valence-electron chi connectivity index (χ3n) is 6.13. The zero-order valence-electron chi connectivity index (χ0n) is 19.9. The summed E-state index contributed by atoms with van der Waals surface area (Å²) < 4.78 is 5.45. The fourth-order valence-corrected chi connectivity index (χ4v) is 4.29. The minimum Gasteiger partial charge on any atom is -0.494 e. The molecule has 0 saturated carbocycles. The number of amides is 4. The number of likely N-dealkylation sites (N-methyl/N-ethyl adjacent to an activating group) is 1. The second-order valence-electron chi connectivity index (χ2n) is 8.58. The molecule has 4 amide bonds. The van der Waals surface area contributed by atoms with Crippen molar-refractivity contribution in [1.82, 2.24) is 15.1 Å². The minimum absolute atomic E-state index is 0.287. The quantitative estimate of drug-likeness (QED) is 0.483. The first kappa shape index (κ1) is 24.0. The molecule has 1 atom stereocenters. The van der Waals surface area contributed by atoms with Crippen molar-refractivity contribution in [3.63, 3.8) is 0 Å². The smallest absolute Gasteiger partial charge is 0.325 e. The van der Waals surface area contributed by atoms with E-state index < -0.39 is 17.5 Å². The van der Waals surface area contributed by atoms with Crippen molar-refractivity contribution in [2.24, 2.45) is 0 Å². The van der Waals surface area contributed by atoms with Crippen LogP contribution in [0.15, 0.2) is 84.9 Å². The van der Waals surface area contributed by atoms with E-state index in [-0.39, 0.29) is 18.9 Å². The van der Waals surface area contributed by atoms with Gasteiger partial charge in [0, 0.05) is 20.0 Å². The highest BCUT2D eigenvalue weighted by atomic mass is 16.5. The lowest BCUT2D eigenvalue weighted by molar-refractivity contribution is -0.138. The Kier molecular flexibility index (Phi) is 7.15. The van der Waals surface area contributed by atoms with Gasteiger partial charge in [0.15, 0.2) is 5.54 Å². The summed E-state index contributed by atoms with van der Waals surface area (Å²) in [5.41, 5.74) is 1.24. The molecule has 0 spiro atoms. The molecule has 4 rings (SSSR count). The predicted molar refractivity (Wildman–Crippen MR) is 133 cm³/mol. The maximum Gasteiger partial charge on any atom is 0.325 e. The highest BCUT2D eigenvalue weighted by Gasteiger charge is 2.52. The summed E-state index contributed by atoms with van der Waals surface area (Å²) >= 11 is 0. The number of nitrogens with one attached hydrogen (secondary N) is 1. The minimum atomic E-state index is -1.27. The van der Waals surface area contributed by atoms with E-state index in [1.807, 2.05) is 91.9 Å². The molecule has 1 aliphatic heterocycles. The van der Waals surface area contributed by atoms with E-state index in [2.05, 4.69) is 5.32 Å². The van der Waals surface area contributed by atoms with Crippen LogP contribution >= 0.6 is 0 Å². The Balaban J connectivity index is 1.51. The van der Waals surface area contributed by atoms with Crippen LogP contribution in [0.3, 0.4) is 0 Å². The number of carbonyl (C=O) groups excluding carboxylic acids is 3. The fraction of sp³-hybridized carbons (Fsp3) is 0.250. The molecule has 0 radical (unpaired) electrons. The standard InChI is InChI=1S/C28H29N3O4/c1-3-35-24-16-14-22(15-17-24)19-30(2)25(32)20-31-26(33)28(29-27(31)34,23-12-8-5-9-13-23)18-21-10-6-4-7-11-21/h4-17H,3,18-20H2,1-2H3,(H,29,34)/t28-/m0/s1. The molecule has 180 valence electrons. The average Bonchev–Trinajstić information content (AvgIpc) is 3.11. The summed E-state index contributed by atoms with van der Waals surface area (Å²) in [4.78, 5) is 42.2. The zero-order valence-corrected chi connectivity index (χ0v) is 19.9. The molecule has 3 aromatic rings. The molecular weight excluding hydrogens is 442 g/mol. The summed E-state index contributed by atoms with van der Waals surface area (Å²) in [6.07, 6.45) is 0.287. The lowest BCUT2D eigenvalue weighted by Crippen LogP contribution is -2.47. The molecule has 1 fully saturated rings. The van der Waals surface area contributed by atoms with Crippen molar-refractivity contribution in [3.8, 4) is 5.75 Å². The van der Waals surface area contributed by atoms with E-state index >= 15 is 0 Å².